The summed E-state index contributed by atoms with van der Waals surface area (Å²) in [5.74, 6) is -0.258. The third-order valence-electron chi connectivity index (χ3n) is 3.17. The molecule has 0 bridgehead atoms. The number of aliphatic hydroxyl groups excluding tert-OH is 1. The molecule has 0 aliphatic rings. The highest BCUT2D eigenvalue weighted by Gasteiger charge is 2.15. The Labute approximate surface area is 117 Å². The summed E-state index contributed by atoms with van der Waals surface area (Å²) < 4.78 is 0. The summed E-state index contributed by atoms with van der Waals surface area (Å²) >= 11 is 0. The van der Waals surface area contributed by atoms with E-state index in [0.29, 0.717) is 11.9 Å². The van der Waals surface area contributed by atoms with Crippen molar-refractivity contribution in [3.63, 3.8) is 0 Å². The van der Waals surface area contributed by atoms with Gasteiger partial charge in [-0.15, -0.1) is 0 Å². The fourth-order valence-corrected chi connectivity index (χ4v) is 2.31. The second-order valence-corrected chi connectivity index (χ2v) is 4.56. The smallest absolute Gasteiger partial charge is 0.337 e. The van der Waals surface area contributed by atoms with Crippen LogP contribution < -0.4 is 4.90 Å². The van der Waals surface area contributed by atoms with Crippen molar-refractivity contribution < 1.29 is 15.0 Å². The van der Waals surface area contributed by atoms with Crippen LogP contribution in [0, 0.1) is 0 Å². The second-order valence-electron chi connectivity index (χ2n) is 4.56. The number of carboxylic acids is 1. The van der Waals surface area contributed by atoms with Crippen molar-refractivity contribution in [1.82, 2.24) is 4.98 Å². The predicted octanol–water partition coefficient (Wildman–Crippen LogP) is 2.14. The van der Waals surface area contributed by atoms with Gasteiger partial charge in [-0.1, -0.05) is 31.2 Å². The molecule has 2 rings (SSSR count). The molecule has 20 heavy (non-hydrogen) atoms. The first kappa shape index (κ1) is 14.3. The van der Waals surface area contributed by atoms with Gasteiger partial charge in [0.1, 0.15) is 5.82 Å². The van der Waals surface area contributed by atoms with Crippen LogP contribution in [0.15, 0.2) is 30.5 Å². The van der Waals surface area contributed by atoms with E-state index in [4.69, 9.17) is 0 Å². The molecular formula is C15H18N2O3. The van der Waals surface area contributed by atoms with Gasteiger partial charge in [0.25, 0.3) is 0 Å². The molecular weight excluding hydrogens is 256 g/mol. The van der Waals surface area contributed by atoms with E-state index < -0.39 is 5.97 Å². The molecule has 2 aromatic rings. The zero-order chi connectivity index (χ0) is 14.5. The lowest BCUT2D eigenvalue weighted by atomic mass is 10.1. The third-order valence-corrected chi connectivity index (χ3v) is 3.17. The summed E-state index contributed by atoms with van der Waals surface area (Å²) in [6.45, 7) is 3.34. The Bertz CT molecular complexity index is 607. The van der Waals surface area contributed by atoms with Crippen molar-refractivity contribution in [2.24, 2.45) is 0 Å². The Morgan fingerprint density at radius 3 is 2.55 bits per heavy atom. The van der Waals surface area contributed by atoms with Crippen LogP contribution in [-0.4, -0.2) is 40.9 Å². The van der Waals surface area contributed by atoms with Gasteiger partial charge >= 0.3 is 5.97 Å². The molecule has 0 aliphatic carbocycles. The minimum absolute atomic E-state index is 0.0384. The van der Waals surface area contributed by atoms with E-state index in [9.17, 15) is 15.0 Å². The number of hydrogen-bond donors (Lipinski definition) is 2. The van der Waals surface area contributed by atoms with Crippen molar-refractivity contribution in [1.29, 1.82) is 0 Å². The molecule has 0 saturated carbocycles. The zero-order valence-electron chi connectivity index (χ0n) is 11.4. The summed E-state index contributed by atoms with van der Waals surface area (Å²) in [4.78, 5) is 17.5. The highest BCUT2D eigenvalue weighted by Crippen LogP contribution is 2.27. The van der Waals surface area contributed by atoms with Crippen LogP contribution in [0.4, 0.5) is 5.82 Å². The lowest BCUT2D eigenvalue weighted by Crippen LogP contribution is -2.28. The van der Waals surface area contributed by atoms with E-state index in [1.54, 1.807) is 6.07 Å². The SMILES string of the molecule is CCCN(CCO)c1ncc(C(=O)O)c2ccccc12. The molecule has 0 unspecified atom stereocenters. The van der Waals surface area contributed by atoms with Crippen LogP contribution in [0.1, 0.15) is 23.7 Å². The second kappa shape index (κ2) is 6.34. The highest BCUT2D eigenvalue weighted by molar-refractivity contribution is 6.06. The Balaban J connectivity index is 2.59. The van der Waals surface area contributed by atoms with Gasteiger partial charge in [-0.25, -0.2) is 9.78 Å². The first-order valence-electron chi connectivity index (χ1n) is 6.65. The normalized spacial score (nSPS) is 10.7. The fourth-order valence-electron chi connectivity index (χ4n) is 2.31. The van der Waals surface area contributed by atoms with Gasteiger partial charge in [-0.05, 0) is 6.42 Å². The molecule has 0 radical (unpaired) electrons. The van der Waals surface area contributed by atoms with E-state index >= 15 is 0 Å². The molecule has 0 spiro atoms. The Kier molecular flexibility index (Phi) is 4.53. The zero-order valence-corrected chi connectivity index (χ0v) is 11.4. The van der Waals surface area contributed by atoms with Gasteiger partial charge in [0.2, 0.25) is 0 Å². The van der Waals surface area contributed by atoms with Gasteiger partial charge < -0.3 is 15.1 Å². The number of anilines is 1. The number of carbonyl (C=O) groups is 1. The maximum Gasteiger partial charge on any atom is 0.337 e. The van der Waals surface area contributed by atoms with Gasteiger partial charge in [-0.3, -0.25) is 0 Å². The Hall–Kier alpha value is -2.14. The summed E-state index contributed by atoms with van der Waals surface area (Å²) in [5, 5.41) is 19.9. The number of hydrogen-bond acceptors (Lipinski definition) is 4. The number of rotatable bonds is 6. The number of carboxylic acid groups (broad SMARTS) is 1. The summed E-state index contributed by atoms with van der Waals surface area (Å²) in [6, 6.07) is 7.33. The maximum absolute atomic E-state index is 11.3. The number of aliphatic hydroxyl groups is 1. The lowest BCUT2D eigenvalue weighted by Gasteiger charge is -2.24. The number of fused-ring (bicyclic) bond motifs is 1. The molecule has 0 saturated heterocycles. The molecule has 5 nitrogen and oxygen atoms in total. The largest absolute Gasteiger partial charge is 0.478 e. The molecule has 1 aromatic heterocycles. The first-order valence-corrected chi connectivity index (χ1v) is 6.65. The van der Waals surface area contributed by atoms with Gasteiger partial charge in [-0.2, -0.15) is 0 Å². The highest BCUT2D eigenvalue weighted by atomic mass is 16.4. The van der Waals surface area contributed by atoms with Crippen LogP contribution in [0.25, 0.3) is 10.8 Å². The number of pyridine rings is 1. The molecule has 0 aliphatic heterocycles. The molecule has 0 atom stereocenters. The standard InChI is InChI=1S/C15H18N2O3/c1-2-7-17(8-9-18)14-12-6-4-3-5-11(12)13(10-16-14)15(19)20/h3-6,10,18H,2,7-9H2,1H3,(H,19,20). The van der Waals surface area contributed by atoms with Gasteiger partial charge in [0.05, 0.1) is 12.2 Å². The van der Waals surface area contributed by atoms with Crippen LogP contribution in [-0.2, 0) is 0 Å². The molecule has 0 amide bonds. The van der Waals surface area contributed by atoms with E-state index in [2.05, 4.69) is 11.9 Å². The molecule has 0 fully saturated rings. The predicted molar refractivity (Wildman–Crippen MR) is 78.3 cm³/mol. The minimum atomic E-state index is -0.982. The molecule has 106 valence electrons. The number of benzene rings is 1. The summed E-state index contributed by atoms with van der Waals surface area (Å²) in [7, 11) is 0. The number of aromatic nitrogens is 1. The van der Waals surface area contributed by atoms with Crippen molar-refractivity contribution >= 4 is 22.6 Å². The van der Waals surface area contributed by atoms with Crippen molar-refractivity contribution in [3.8, 4) is 0 Å². The molecule has 1 heterocycles. The molecule has 5 heteroatoms. The number of aromatic carboxylic acids is 1. The van der Waals surface area contributed by atoms with Crippen LogP contribution >= 0.6 is 0 Å². The average molecular weight is 274 g/mol. The van der Waals surface area contributed by atoms with Crippen LogP contribution in [0.2, 0.25) is 0 Å². The lowest BCUT2D eigenvalue weighted by molar-refractivity contribution is 0.0698. The minimum Gasteiger partial charge on any atom is -0.478 e. The first-order chi connectivity index (χ1) is 9.69. The van der Waals surface area contributed by atoms with Crippen molar-refractivity contribution in [3.05, 3.63) is 36.0 Å². The van der Waals surface area contributed by atoms with Crippen LogP contribution in [0.5, 0.6) is 0 Å². The maximum atomic E-state index is 11.3. The monoisotopic (exact) mass is 274 g/mol. The van der Waals surface area contributed by atoms with Gasteiger partial charge in [0.15, 0.2) is 0 Å². The molecule has 1 aromatic carbocycles. The van der Waals surface area contributed by atoms with Crippen molar-refractivity contribution in [2.45, 2.75) is 13.3 Å². The van der Waals surface area contributed by atoms with Gasteiger partial charge in [0, 0.05) is 30.1 Å². The average Bonchev–Trinajstić information content (AvgIpc) is 2.45. The topological polar surface area (TPSA) is 73.7 Å². The summed E-state index contributed by atoms with van der Waals surface area (Å²) in [6.07, 6.45) is 2.32. The Morgan fingerprint density at radius 1 is 1.25 bits per heavy atom. The van der Waals surface area contributed by atoms with Crippen LogP contribution in [0.3, 0.4) is 0 Å². The number of nitrogens with zero attached hydrogens (tertiary/aromatic N) is 2. The summed E-state index contributed by atoms with van der Waals surface area (Å²) in [5.41, 5.74) is 0.199. The van der Waals surface area contributed by atoms with E-state index in [1.165, 1.54) is 6.20 Å². The third kappa shape index (κ3) is 2.72. The van der Waals surface area contributed by atoms with E-state index in [0.717, 1.165) is 24.2 Å². The Morgan fingerprint density at radius 2 is 1.95 bits per heavy atom. The molecule has 2 N–H and O–H groups in total. The van der Waals surface area contributed by atoms with E-state index in [-0.39, 0.29) is 12.2 Å². The van der Waals surface area contributed by atoms with Crippen molar-refractivity contribution in [2.75, 3.05) is 24.6 Å². The quantitative estimate of drug-likeness (QED) is 0.844. The van der Waals surface area contributed by atoms with E-state index in [1.807, 2.05) is 23.1 Å². The fraction of sp³-hybridized carbons (Fsp3) is 0.333.